The molecule has 2 aliphatic heterocycles. The minimum absolute atomic E-state index is 0.183. The number of benzene rings is 1. The predicted molar refractivity (Wildman–Crippen MR) is 93.2 cm³/mol. The van der Waals surface area contributed by atoms with Crippen LogP contribution in [0.1, 0.15) is 30.1 Å². The zero-order chi connectivity index (χ0) is 17.2. The van der Waals surface area contributed by atoms with E-state index in [1.165, 1.54) is 12.8 Å². The molecule has 0 unspecified atom stereocenters. The van der Waals surface area contributed by atoms with Gasteiger partial charge in [0.15, 0.2) is 23.1 Å². The molecular weight excluding hydrogens is 320 g/mol. The van der Waals surface area contributed by atoms with E-state index in [1.54, 1.807) is 24.3 Å². The Labute approximate surface area is 146 Å². The van der Waals surface area contributed by atoms with Crippen molar-refractivity contribution in [3.63, 3.8) is 0 Å². The number of rotatable bonds is 3. The normalized spacial score (nSPS) is 16.8. The van der Waals surface area contributed by atoms with E-state index in [-0.39, 0.29) is 12.7 Å². The first-order valence-corrected chi connectivity index (χ1v) is 8.49. The number of aromatic nitrogens is 2. The lowest BCUT2D eigenvalue weighted by atomic mass is 9.99. The largest absolute Gasteiger partial charge is 0.454 e. The van der Waals surface area contributed by atoms with Crippen molar-refractivity contribution in [2.45, 2.75) is 19.8 Å². The molecule has 1 saturated heterocycles. The van der Waals surface area contributed by atoms with Gasteiger partial charge in [-0.1, -0.05) is 6.92 Å². The Kier molecular flexibility index (Phi) is 4.13. The molecule has 0 saturated carbocycles. The highest BCUT2D eigenvalue weighted by molar-refractivity contribution is 6.04. The number of carbonyl (C=O) groups is 1. The lowest BCUT2D eigenvalue weighted by Gasteiger charge is -2.30. The van der Waals surface area contributed by atoms with E-state index in [2.05, 4.69) is 27.3 Å². The molecular formula is C18H20N4O3. The second kappa shape index (κ2) is 6.58. The van der Waals surface area contributed by atoms with Crippen LogP contribution < -0.4 is 19.7 Å². The maximum Gasteiger partial charge on any atom is 0.257 e. The Hall–Kier alpha value is -2.83. The third-order valence-corrected chi connectivity index (χ3v) is 4.63. The van der Waals surface area contributed by atoms with Crippen LogP contribution in [0.3, 0.4) is 0 Å². The van der Waals surface area contributed by atoms with Crippen LogP contribution in [-0.4, -0.2) is 36.0 Å². The molecule has 0 bridgehead atoms. The average Bonchev–Trinajstić information content (AvgIpc) is 3.11. The third kappa shape index (κ3) is 3.35. The molecule has 1 amide bonds. The maximum absolute atomic E-state index is 12.4. The highest BCUT2D eigenvalue weighted by Crippen LogP contribution is 2.32. The number of anilines is 2. The molecule has 7 heteroatoms. The number of fused-ring (bicyclic) bond motifs is 1. The molecule has 0 atom stereocenters. The number of nitrogens with one attached hydrogen (secondary N) is 1. The predicted octanol–water partition coefficient (Wildman–Crippen LogP) is 2.69. The van der Waals surface area contributed by atoms with Gasteiger partial charge in [0, 0.05) is 18.7 Å². The monoisotopic (exact) mass is 340 g/mol. The van der Waals surface area contributed by atoms with Gasteiger partial charge in [-0.05, 0) is 49.1 Å². The fourth-order valence-electron chi connectivity index (χ4n) is 3.02. The molecule has 2 aliphatic rings. The van der Waals surface area contributed by atoms with E-state index in [1.807, 2.05) is 6.07 Å². The van der Waals surface area contributed by atoms with Gasteiger partial charge in [0.25, 0.3) is 5.91 Å². The smallest absolute Gasteiger partial charge is 0.257 e. The molecule has 130 valence electrons. The van der Waals surface area contributed by atoms with Crippen molar-refractivity contribution in [3.05, 3.63) is 35.9 Å². The summed E-state index contributed by atoms with van der Waals surface area (Å²) in [6.07, 6.45) is 2.34. The molecule has 3 heterocycles. The quantitative estimate of drug-likeness (QED) is 0.926. The fraction of sp³-hybridized carbons (Fsp3) is 0.389. The molecule has 1 aromatic carbocycles. The van der Waals surface area contributed by atoms with Gasteiger partial charge in [-0.15, -0.1) is 10.2 Å². The van der Waals surface area contributed by atoms with Crippen LogP contribution in [0.25, 0.3) is 0 Å². The molecule has 1 N–H and O–H groups in total. The van der Waals surface area contributed by atoms with Gasteiger partial charge < -0.3 is 19.7 Å². The zero-order valence-corrected chi connectivity index (χ0v) is 14.1. The van der Waals surface area contributed by atoms with Crippen molar-refractivity contribution in [1.82, 2.24) is 10.2 Å². The van der Waals surface area contributed by atoms with Crippen molar-refractivity contribution in [2.75, 3.05) is 30.1 Å². The zero-order valence-electron chi connectivity index (χ0n) is 14.1. The number of carbonyl (C=O) groups excluding carboxylic acids is 1. The molecule has 1 aromatic heterocycles. The van der Waals surface area contributed by atoms with E-state index in [0.717, 1.165) is 24.8 Å². The Morgan fingerprint density at radius 2 is 1.92 bits per heavy atom. The van der Waals surface area contributed by atoms with Gasteiger partial charge in [-0.3, -0.25) is 4.79 Å². The van der Waals surface area contributed by atoms with Crippen LogP contribution in [0.15, 0.2) is 30.3 Å². The lowest BCUT2D eigenvalue weighted by molar-refractivity contribution is 0.102. The SMILES string of the molecule is CC1CCN(c2ccc(NC(=O)c3ccc4c(c3)OCO4)nn2)CC1. The molecule has 1 fully saturated rings. The number of hydrogen-bond acceptors (Lipinski definition) is 6. The summed E-state index contributed by atoms with van der Waals surface area (Å²) in [6, 6.07) is 8.76. The number of amides is 1. The Morgan fingerprint density at radius 3 is 2.68 bits per heavy atom. The van der Waals surface area contributed by atoms with Crippen LogP contribution in [-0.2, 0) is 0 Å². The second-order valence-electron chi connectivity index (χ2n) is 6.47. The molecule has 2 aromatic rings. The fourth-order valence-corrected chi connectivity index (χ4v) is 3.02. The van der Waals surface area contributed by atoms with Gasteiger partial charge in [0.05, 0.1) is 0 Å². The van der Waals surface area contributed by atoms with Crippen LogP contribution in [0, 0.1) is 5.92 Å². The molecule has 0 radical (unpaired) electrons. The first kappa shape index (κ1) is 15.7. The van der Waals surface area contributed by atoms with Crippen molar-refractivity contribution in [3.8, 4) is 11.5 Å². The second-order valence-corrected chi connectivity index (χ2v) is 6.47. The highest BCUT2D eigenvalue weighted by atomic mass is 16.7. The summed E-state index contributed by atoms with van der Waals surface area (Å²) < 4.78 is 10.5. The summed E-state index contributed by atoms with van der Waals surface area (Å²) in [5, 5.41) is 11.1. The number of hydrogen-bond donors (Lipinski definition) is 1. The molecule has 0 aliphatic carbocycles. The molecule has 4 rings (SSSR count). The van der Waals surface area contributed by atoms with Gasteiger partial charge in [-0.25, -0.2) is 0 Å². The van der Waals surface area contributed by atoms with E-state index in [9.17, 15) is 4.79 Å². The van der Waals surface area contributed by atoms with Crippen LogP contribution in [0.4, 0.5) is 11.6 Å². The summed E-state index contributed by atoms with van der Waals surface area (Å²) in [4.78, 5) is 14.6. The summed E-state index contributed by atoms with van der Waals surface area (Å²) in [5.41, 5.74) is 0.486. The van der Waals surface area contributed by atoms with Crippen molar-refractivity contribution in [2.24, 2.45) is 5.92 Å². The minimum atomic E-state index is -0.257. The third-order valence-electron chi connectivity index (χ3n) is 4.63. The number of nitrogens with zero attached hydrogens (tertiary/aromatic N) is 3. The van der Waals surface area contributed by atoms with Crippen LogP contribution >= 0.6 is 0 Å². The van der Waals surface area contributed by atoms with Gasteiger partial charge in [0.1, 0.15) is 0 Å². The standard InChI is InChI=1S/C18H20N4O3/c1-12-6-8-22(9-7-12)17-5-4-16(20-21-17)19-18(23)13-2-3-14-15(10-13)25-11-24-14/h2-5,10,12H,6-9,11H2,1H3,(H,19,20,23). The van der Waals surface area contributed by atoms with E-state index in [0.29, 0.717) is 22.9 Å². The highest BCUT2D eigenvalue weighted by Gasteiger charge is 2.18. The van der Waals surface area contributed by atoms with Gasteiger partial charge in [-0.2, -0.15) is 0 Å². The number of ether oxygens (including phenoxy) is 2. The summed E-state index contributed by atoms with van der Waals surface area (Å²) in [6.45, 7) is 4.46. The van der Waals surface area contributed by atoms with E-state index >= 15 is 0 Å². The topological polar surface area (TPSA) is 76.6 Å². The van der Waals surface area contributed by atoms with Gasteiger partial charge in [0.2, 0.25) is 6.79 Å². The van der Waals surface area contributed by atoms with E-state index < -0.39 is 0 Å². The average molecular weight is 340 g/mol. The van der Waals surface area contributed by atoms with Crippen molar-refractivity contribution >= 4 is 17.5 Å². The maximum atomic E-state index is 12.4. The Morgan fingerprint density at radius 1 is 1.12 bits per heavy atom. The molecule has 7 nitrogen and oxygen atoms in total. The Bertz CT molecular complexity index is 770. The summed E-state index contributed by atoms with van der Waals surface area (Å²) in [5.74, 6) is 3.02. The van der Waals surface area contributed by atoms with Crippen molar-refractivity contribution in [1.29, 1.82) is 0 Å². The molecule has 25 heavy (non-hydrogen) atoms. The van der Waals surface area contributed by atoms with Crippen molar-refractivity contribution < 1.29 is 14.3 Å². The number of piperidine rings is 1. The minimum Gasteiger partial charge on any atom is -0.454 e. The Balaban J connectivity index is 1.41. The van der Waals surface area contributed by atoms with E-state index in [4.69, 9.17) is 9.47 Å². The first-order chi connectivity index (χ1) is 12.2. The van der Waals surface area contributed by atoms with Gasteiger partial charge >= 0.3 is 0 Å². The lowest BCUT2D eigenvalue weighted by Crippen LogP contribution is -2.33. The summed E-state index contributed by atoms with van der Waals surface area (Å²) >= 11 is 0. The molecule has 0 spiro atoms. The van der Waals surface area contributed by atoms with Crippen LogP contribution in [0.2, 0.25) is 0 Å². The summed E-state index contributed by atoms with van der Waals surface area (Å²) in [7, 11) is 0. The van der Waals surface area contributed by atoms with Crippen LogP contribution in [0.5, 0.6) is 11.5 Å². The first-order valence-electron chi connectivity index (χ1n) is 8.49.